The van der Waals surface area contributed by atoms with Crippen LogP contribution in [0.15, 0.2) is 18.7 Å². The molecule has 0 unspecified atom stereocenters. The summed E-state index contributed by atoms with van der Waals surface area (Å²) in [5.74, 6) is 0.148. The first-order chi connectivity index (χ1) is 11.8. The number of nitrogen functional groups attached to an aromatic ring is 1. The van der Waals surface area contributed by atoms with Crippen LogP contribution in [0, 0.1) is 0 Å². The van der Waals surface area contributed by atoms with E-state index in [0.717, 1.165) is 6.26 Å². The summed E-state index contributed by atoms with van der Waals surface area (Å²) >= 11 is 6.03. The molecule has 25 heavy (non-hydrogen) atoms. The number of hydrogen-bond donors (Lipinski definition) is 1. The van der Waals surface area contributed by atoms with Crippen LogP contribution in [-0.2, 0) is 16.6 Å². The van der Waals surface area contributed by atoms with Crippen molar-refractivity contribution in [3.63, 3.8) is 0 Å². The zero-order chi connectivity index (χ0) is 18.2. The molecule has 3 aromatic heterocycles. The summed E-state index contributed by atoms with van der Waals surface area (Å²) in [4.78, 5) is 20.6. The molecule has 0 saturated carbocycles. The van der Waals surface area contributed by atoms with Gasteiger partial charge in [-0.25, -0.2) is 32.7 Å². The fourth-order valence-corrected chi connectivity index (χ4v) is 2.74. The Kier molecular flexibility index (Phi) is 4.54. The highest BCUT2D eigenvalue weighted by Gasteiger charge is 2.16. The zero-order valence-corrected chi connectivity index (χ0v) is 15.0. The van der Waals surface area contributed by atoms with Gasteiger partial charge in [0, 0.05) is 38.1 Å². The Morgan fingerprint density at radius 2 is 1.92 bits per heavy atom. The van der Waals surface area contributed by atoms with Gasteiger partial charge < -0.3 is 10.3 Å². The van der Waals surface area contributed by atoms with Crippen LogP contribution in [0.5, 0.6) is 0 Å². The Morgan fingerprint density at radius 1 is 1.24 bits per heavy atom. The highest BCUT2D eigenvalue weighted by Crippen LogP contribution is 2.25. The van der Waals surface area contributed by atoms with Gasteiger partial charge in [-0.15, -0.1) is 0 Å². The molecule has 0 aliphatic heterocycles. The lowest BCUT2D eigenvalue weighted by Gasteiger charge is -2.14. The minimum absolute atomic E-state index is 0.0394. The van der Waals surface area contributed by atoms with E-state index >= 15 is 0 Å². The largest absolute Gasteiger partial charge is 0.368 e. The number of nitrogens with zero attached hydrogens (tertiary/aromatic N) is 7. The molecule has 3 aromatic rings. The number of anilines is 1. The van der Waals surface area contributed by atoms with Crippen molar-refractivity contribution in [1.29, 1.82) is 0 Å². The summed E-state index contributed by atoms with van der Waals surface area (Å²) in [6.07, 6.45) is 5.76. The Labute approximate surface area is 148 Å². The van der Waals surface area contributed by atoms with Crippen molar-refractivity contribution in [2.24, 2.45) is 0 Å². The molecule has 0 saturated heterocycles. The quantitative estimate of drug-likeness (QED) is 0.627. The summed E-state index contributed by atoms with van der Waals surface area (Å²) < 4.78 is 26.0. The Morgan fingerprint density at radius 3 is 2.56 bits per heavy atom. The number of hydrogen-bond acceptors (Lipinski definition) is 8. The molecule has 2 N–H and O–H groups in total. The highest BCUT2D eigenvalue weighted by molar-refractivity contribution is 7.88. The average molecular weight is 383 g/mol. The average Bonchev–Trinajstić information content (AvgIpc) is 2.94. The van der Waals surface area contributed by atoms with Gasteiger partial charge in [-0.05, 0) is 11.6 Å². The van der Waals surface area contributed by atoms with E-state index in [1.807, 2.05) is 0 Å². The molecule has 0 amide bonds. The predicted octanol–water partition coefficient (Wildman–Crippen LogP) is 0.410. The maximum atomic E-state index is 11.5. The molecule has 3 rings (SSSR count). The molecular formula is C13H15ClN8O2S. The summed E-state index contributed by atoms with van der Waals surface area (Å²) in [5, 5.41) is 0.0394. The SMILES string of the molecule is CN(CCn1cnc2c(-c3cnc(N)nc3)nc(Cl)nc21)S(C)(=O)=O. The maximum absolute atomic E-state index is 11.5. The Hall–Kier alpha value is -2.37. The molecular weight excluding hydrogens is 368 g/mol. The van der Waals surface area contributed by atoms with Crippen molar-refractivity contribution < 1.29 is 8.42 Å². The molecule has 12 heteroatoms. The monoisotopic (exact) mass is 382 g/mol. The second-order valence-corrected chi connectivity index (χ2v) is 7.79. The van der Waals surface area contributed by atoms with Crippen molar-refractivity contribution >= 4 is 38.7 Å². The topological polar surface area (TPSA) is 133 Å². The van der Waals surface area contributed by atoms with Gasteiger partial charge in [-0.3, -0.25) is 0 Å². The van der Waals surface area contributed by atoms with Crippen LogP contribution in [-0.4, -0.2) is 62.1 Å². The van der Waals surface area contributed by atoms with Crippen LogP contribution >= 0.6 is 11.6 Å². The van der Waals surface area contributed by atoms with Gasteiger partial charge in [0.15, 0.2) is 5.65 Å². The second-order valence-electron chi connectivity index (χ2n) is 5.37. The van der Waals surface area contributed by atoms with Crippen molar-refractivity contribution in [3.8, 4) is 11.3 Å². The molecule has 0 spiro atoms. The van der Waals surface area contributed by atoms with E-state index in [2.05, 4.69) is 24.9 Å². The summed E-state index contributed by atoms with van der Waals surface area (Å²) in [5.41, 5.74) is 7.58. The molecule has 0 aliphatic rings. The third-order valence-electron chi connectivity index (χ3n) is 3.60. The molecule has 0 bridgehead atoms. The molecule has 0 atom stereocenters. The minimum atomic E-state index is -3.26. The number of sulfonamides is 1. The van der Waals surface area contributed by atoms with Gasteiger partial charge in [0.05, 0.1) is 12.6 Å². The zero-order valence-electron chi connectivity index (χ0n) is 13.5. The smallest absolute Gasteiger partial charge is 0.225 e. The standard InChI is InChI=1S/C13H15ClN8O2S/c1-21(25(2,23)24)3-4-22-7-18-10-9(19-12(14)20-11(10)22)8-5-16-13(15)17-6-8/h5-7H,3-4H2,1-2H3,(H2,15,16,17). The van der Waals surface area contributed by atoms with Crippen molar-refractivity contribution in [3.05, 3.63) is 24.0 Å². The van der Waals surface area contributed by atoms with Crippen LogP contribution < -0.4 is 5.73 Å². The van der Waals surface area contributed by atoms with Crippen LogP contribution in [0.4, 0.5) is 5.95 Å². The second kappa shape index (κ2) is 6.50. The lowest BCUT2D eigenvalue weighted by atomic mass is 10.2. The Balaban J connectivity index is 2.00. The molecule has 3 heterocycles. The number of imidazole rings is 1. The maximum Gasteiger partial charge on any atom is 0.225 e. The molecule has 132 valence electrons. The fourth-order valence-electron chi connectivity index (χ4n) is 2.16. The third kappa shape index (κ3) is 3.67. The molecule has 0 radical (unpaired) electrons. The van der Waals surface area contributed by atoms with E-state index in [9.17, 15) is 8.42 Å². The minimum Gasteiger partial charge on any atom is -0.368 e. The predicted molar refractivity (Wildman–Crippen MR) is 93.2 cm³/mol. The third-order valence-corrected chi connectivity index (χ3v) is 5.09. The van der Waals surface area contributed by atoms with Gasteiger partial charge >= 0.3 is 0 Å². The van der Waals surface area contributed by atoms with Gasteiger partial charge in [0.1, 0.15) is 11.2 Å². The lowest BCUT2D eigenvalue weighted by molar-refractivity contribution is 0.452. The number of rotatable bonds is 5. The number of aromatic nitrogens is 6. The van der Waals surface area contributed by atoms with E-state index in [1.165, 1.54) is 23.7 Å². The number of nitrogens with two attached hydrogens (primary N) is 1. The number of fused-ring (bicyclic) bond motifs is 1. The van der Waals surface area contributed by atoms with Crippen molar-refractivity contribution in [2.45, 2.75) is 6.54 Å². The normalized spacial score (nSPS) is 12.2. The fraction of sp³-hybridized carbons (Fsp3) is 0.308. The van der Waals surface area contributed by atoms with E-state index in [0.29, 0.717) is 29.0 Å². The van der Waals surface area contributed by atoms with Gasteiger partial charge in [-0.2, -0.15) is 4.98 Å². The molecule has 0 aromatic carbocycles. The lowest BCUT2D eigenvalue weighted by Crippen LogP contribution is -2.28. The van der Waals surface area contributed by atoms with E-state index in [1.54, 1.807) is 10.9 Å². The van der Waals surface area contributed by atoms with Crippen LogP contribution in [0.1, 0.15) is 0 Å². The van der Waals surface area contributed by atoms with Gasteiger partial charge in [0.25, 0.3) is 0 Å². The number of likely N-dealkylation sites (N-methyl/N-ethyl adjacent to an activating group) is 1. The summed E-state index contributed by atoms with van der Waals surface area (Å²) in [6.45, 7) is 0.636. The van der Waals surface area contributed by atoms with E-state index < -0.39 is 10.0 Å². The van der Waals surface area contributed by atoms with Crippen LogP contribution in [0.3, 0.4) is 0 Å². The highest BCUT2D eigenvalue weighted by atomic mass is 35.5. The van der Waals surface area contributed by atoms with Gasteiger partial charge in [-0.1, -0.05) is 0 Å². The first kappa shape index (κ1) is 17.5. The Bertz CT molecular complexity index is 1020. The first-order valence-electron chi connectivity index (χ1n) is 7.13. The van der Waals surface area contributed by atoms with Crippen molar-refractivity contribution in [2.75, 3.05) is 25.6 Å². The van der Waals surface area contributed by atoms with Crippen LogP contribution in [0.2, 0.25) is 5.28 Å². The summed E-state index contributed by atoms with van der Waals surface area (Å²) in [7, 11) is -1.75. The van der Waals surface area contributed by atoms with Crippen molar-refractivity contribution in [1.82, 2.24) is 33.8 Å². The first-order valence-corrected chi connectivity index (χ1v) is 9.36. The molecule has 10 nitrogen and oxygen atoms in total. The van der Waals surface area contributed by atoms with Crippen LogP contribution in [0.25, 0.3) is 22.4 Å². The number of halogens is 1. The van der Waals surface area contributed by atoms with E-state index in [4.69, 9.17) is 17.3 Å². The summed E-state index contributed by atoms with van der Waals surface area (Å²) in [6, 6.07) is 0. The molecule has 0 fully saturated rings. The van der Waals surface area contributed by atoms with Gasteiger partial charge in [0.2, 0.25) is 21.3 Å². The van der Waals surface area contributed by atoms with E-state index in [-0.39, 0.29) is 17.8 Å². The molecule has 0 aliphatic carbocycles.